The highest BCUT2D eigenvalue weighted by Gasteiger charge is 2.20. The van der Waals surface area contributed by atoms with Gasteiger partial charge >= 0.3 is 0 Å². The lowest BCUT2D eigenvalue weighted by Gasteiger charge is -2.19. The second kappa shape index (κ2) is 9.47. The maximum Gasteiger partial charge on any atom is 0.279 e. The molecule has 0 saturated carbocycles. The number of halogens is 1. The van der Waals surface area contributed by atoms with E-state index in [4.69, 9.17) is 26.5 Å². The Kier molecular flexibility index (Phi) is 6.76. The summed E-state index contributed by atoms with van der Waals surface area (Å²) in [6.07, 6.45) is 2.04. The van der Waals surface area contributed by atoms with Crippen molar-refractivity contribution in [2.24, 2.45) is 0 Å². The summed E-state index contributed by atoms with van der Waals surface area (Å²) in [5, 5.41) is 17.8. The summed E-state index contributed by atoms with van der Waals surface area (Å²) >= 11 is 5.93. The van der Waals surface area contributed by atoms with Crippen LogP contribution in [0.25, 0.3) is 11.1 Å². The number of rotatable bonds is 8. The van der Waals surface area contributed by atoms with Gasteiger partial charge in [-0.1, -0.05) is 23.7 Å². The summed E-state index contributed by atoms with van der Waals surface area (Å²) in [6, 6.07) is 13.9. The van der Waals surface area contributed by atoms with E-state index in [9.17, 15) is 9.90 Å². The molecule has 0 aliphatic rings. The number of methoxy groups -OCH3 is 1. The van der Waals surface area contributed by atoms with E-state index in [1.54, 1.807) is 49.5 Å². The average molecular weight is 428 g/mol. The van der Waals surface area contributed by atoms with Gasteiger partial charge in [0.2, 0.25) is 0 Å². The molecule has 1 atom stereocenters. The Morgan fingerprint density at radius 3 is 2.57 bits per heavy atom. The minimum absolute atomic E-state index is 0.110. The van der Waals surface area contributed by atoms with Crippen LogP contribution in [0.3, 0.4) is 0 Å². The summed E-state index contributed by atoms with van der Waals surface area (Å²) < 4.78 is 10.8. The summed E-state index contributed by atoms with van der Waals surface area (Å²) in [5.41, 5.74) is 2.52. The van der Waals surface area contributed by atoms with Gasteiger partial charge in [0.15, 0.2) is 11.5 Å². The first-order valence-electron chi connectivity index (χ1n) is 9.20. The Labute approximate surface area is 179 Å². The summed E-state index contributed by atoms with van der Waals surface area (Å²) in [5.74, 6) is 0.426. The van der Waals surface area contributed by atoms with Crippen LogP contribution in [-0.4, -0.2) is 42.2 Å². The molecule has 0 bridgehead atoms. The van der Waals surface area contributed by atoms with Gasteiger partial charge in [-0.2, -0.15) is 0 Å². The third-order valence-corrected chi connectivity index (χ3v) is 4.60. The zero-order chi connectivity index (χ0) is 21.7. The highest BCUT2D eigenvalue weighted by atomic mass is 35.5. The van der Waals surface area contributed by atoms with E-state index in [0.29, 0.717) is 27.9 Å². The minimum atomic E-state index is -0.628. The number of aromatic nitrogens is 1. The summed E-state index contributed by atoms with van der Waals surface area (Å²) in [7, 11) is 1.48. The molecule has 0 fully saturated rings. The number of hydrogen-bond donors (Lipinski definition) is 3. The smallest absolute Gasteiger partial charge is 0.279 e. The standard InChI is InChI=1S/C22H22ClN3O4/c1-14(27)12-30-20-8-7-18(10-21(20)29-2)26(13-24)22(28)19-9-16(11-25-19)15-3-5-17(23)6-4-15/h3-11,13-14,24-25,27H,12H2,1-2H3. The van der Waals surface area contributed by atoms with Crippen LogP contribution < -0.4 is 14.4 Å². The van der Waals surface area contributed by atoms with E-state index in [0.717, 1.165) is 17.5 Å². The normalized spacial score (nSPS) is 11.6. The Hall–Kier alpha value is -3.29. The molecule has 2 aromatic carbocycles. The molecule has 156 valence electrons. The number of aliphatic hydroxyl groups is 1. The third-order valence-electron chi connectivity index (χ3n) is 4.34. The van der Waals surface area contributed by atoms with Crippen molar-refractivity contribution >= 4 is 29.5 Å². The number of amides is 1. The predicted octanol–water partition coefficient (Wildman–Crippen LogP) is 4.36. The molecule has 30 heavy (non-hydrogen) atoms. The zero-order valence-corrected chi connectivity index (χ0v) is 17.3. The van der Waals surface area contributed by atoms with Crippen molar-refractivity contribution in [1.82, 2.24) is 4.98 Å². The number of anilines is 1. The molecule has 0 aliphatic heterocycles. The van der Waals surface area contributed by atoms with E-state index < -0.39 is 12.0 Å². The van der Waals surface area contributed by atoms with Gasteiger partial charge in [-0.25, -0.2) is 0 Å². The predicted molar refractivity (Wildman–Crippen MR) is 117 cm³/mol. The van der Waals surface area contributed by atoms with Crippen LogP contribution in [0.15, 0.2) is 54.7 Å². The Morgan fingerprint density at radius 2 is 1.93 bits per heavy atom. The Bertz CT molecular complexity index is 1030. The molecular formula is C22H22ClN3O4. The quantitative estimate of drug-likeness (QED) is 0.367. The molecule has 8 heteroatoms. The molecule has 1 unspecified atom stereocenters. The number of carbonyl (C=O) groups is 1. The maximum atomic E-state index is 13.0. The van der Waals surface area contributed by atoms with E-state index in [2.05, 4.69) is 4.98 Å². The maximum absolute atomic E-state index is 13.0. The number of ether oxygens (including phenoxy) is 2. The fourth-order valence-electron chi connectivity index (χ4n) is 2.84. The van der Waals surface area contributed by atoms with Crippen molar-refractivity contribution in [2.75, 3.05) is 18.6 Å². The molecule has 1 amide bonds. The molecule has 0 aliphatic carbocycles. The van der Waals surface area contributed by atoms with Crippen molar-refractivity contribution in [3.05, 3.63) is 65.4 Å². The van der Waals surface area contributed by atoms with E-state index in [1.165, 1.54) is 12.0 Å². The first-order valence-corrected chi connectivity index (χ1v) is 9.58. The van der Waals surface area contributed by atoms with Gasteiger partial charge in [-0.05, 0) is 48.4 Å². The Balaban J connectivity index is 1.84. The fourth-order valence-corrected chi connectivity index (χ4v) is 2.97. The molecule has 3 N–H and O–H groups in total. The lowest BCUT2D eigenvalue weighted by molar-refractivity contribution is 0.0999. The fraction of sp³-hybridized carbons (Fsp3) is 0.182. The first kappa shape index (κ1) is 21.4. The van der Waals surface area contributed by atoms with E-state index >= 15 is 0 Å². The molecule has 0 saturated heterocycles. The summed E-state index contributed by atoms with van der Waals surface area (Å²) in [6.45, 7) is 1.73. The van der Waals surface area contributed by atoms with Gasteiger partial charge in [0.25, 0.3) is 5.91 Å². The monoisotopic (exact) mass is 427 g/mol. The van der Waals surface area contributed by atoms with Crippen molar-refractivity contribution in [3.63, 3.8) is 0 Å². The lowest BCUT2D eigenvalue weighted by Crippen LogP contribution is -2.29. The van der Waals surface area contributed by atoms with Crippen LogP contribution in [0.5, 0.6) is 11.5 Å². The van der Waals surface area contributed by atoms with Crippen LogP contribution in [0.4, 0.5) is 5.69 Å². The molecule has 0 radical (unpaired) electrons. The molecule has 1 aromatic heterocycles. The summed E-state index contributed by atoms with van der Waals surface area (Å²) in [4.78, 5) is 17.1. The van der Waals surface area contributed by atoms with Crippen molar-refractivity contribution < 1.29 is 19.4 Å². The zero-order valence-electron chi connectivity index (χ0n) is 16.6. The number of nitrogens with zero attached hydrogens (tertiary/aromatic N) is 1. The van der Waals surface area contributed by atoms with Crippen LogP contribution in [-0.2, 0) is 0 Å². The number of nitrogens with one attached hydrogen (secondary N) is 2. The van der Waals surface area contributed by atoms with Crippen molar-refractivity contribution in [1.29, 1.82) is 5.41 Å². The van der Waals surface area contributed by atoms with Crippen molar-refractivity contribution in [2.45, 2.75) is 13.0 Å². The second-order valence-corrected chi connectivity index (χ2v) is 7.04. The molecule has 3 aromatic rings. The van der Waals surface area contributed by atoms with Gasteiger partial charge in [-0.15, -0.1) is 0 Å². The molecule has 1 heterocycles. The molecule has 3 rings (SSSR count). The van der Waals surface area contributed by atoms with Gasteiger partial charge in [0, 0.05) is 17.3 Å². The highest BCUT2D eigenvalue weighted by Crippen LogP contribution is 2.32. The molecule has 7 nitrogen and oxygen atoms in total. The molecule has 0 spiro atoms. The van der Waals surface area contributed by atoms with Gasteiger partial charge in [-0.3, -0.25) is 15.1 Å². The first-order chi connectivity index (χ1) is 14.4. The molecular weight excluding hydrogens is 406 g/mol. The number of aliphatic hydroxyl groups excluding tert-OH is 1. The minimum Gasteiger partial charge on any atom is -0.493 e. The van der Waals surface area contributed by atoms with Crippen LogP contribution in [0.1, 0.15) is 17.4 Å². The van der Waals surface area contributed by atoms with Gasteiger partial charge < -0.3 is 19.6 Å². The number of hydrogen-bond acceptors (Lipinski definition) is 5. The third kappa shape index (κ3) is 4.82. The van der Waals surface area contributed by atoms with Crippen LogP contribution in [0.2, 0.25) is 5.02 Å². The van der Waals surface area contributed by atoms with Crippen LogP contribution >= 0.6 is 11.6 Å². The van der Waals surface area contributed by atoms with Crippen LogP contribution in [0, 0.1) is 5.41 Å². The second-order valence-electron chi connectivity index (χ2n) is 6.61. The van der Waals surface area contributed by atoms with E-state index in [1.807, 2.05) is 12.1 Å². The lowest BCUT2D eigenvalue weighted by atomic mass is 10.1. The van der Waals surface area contributed by atoms with Gasteiger partial charge in [0.05, 0.1) is 25.2 Å². The number of benzene rings is 2. The number of H-pyrrole nitrogens is 1. The van der Waals surface area contributed by atoms with E-state index in [-0.39, 0.29) is 6.61 Å². The Morgan fingerprint density at radius 1 is 1.20 bits per heavy atom. The topological polar surface area (TPSA) is 98.6 Å². The average Bonchev–Trinajstić information content (AvgIpc) is 3.23. The number of aromatic amines is 1. The number of carbonyl (C=O) groups excluding carboxylic acids is 1. The largest absolute Gasteiger partial charge is 0.493 e. The van der Waals surface area contributed by atoms with Crippen molar-refractivity contribution in [3.8, 4) is 22.6 Å². The van der Waals surface area contributed by atoms with Gasteiger partial charge in [0.1, 0.15) is 12.3 Å². The highest BCUT2D eigenvalue weighted by molar-refractivity contribution is 6.30. The SMILES string of the molecule is COc1cc(N(C=N)C(=O)c2cc(-c3ccc(Cl)cc3)c[nH]2)ccc1OCC(C)O.